The lowest BCUT2D eigenvalue weighted by Gasteiger charge is -2.25. The third-order valence-electron chi connectivity index (χ3n) is 4.59. The zero-order valence-corrected chi connectivity index (χ0v) is 12.2. The van der Waals surface area contributed by atoms with Crippen LogP contribution in [-0.2, 0) is 6.54 Å². The van der Waals surface area contributed by atoms with Crippen LogP contribution in [0.5, 0.6) is 0 Å². The molecule has 0 aliphatic carbocycles. The van der Waals surface area contributed by atoms with Gasteiger partial charge in [0.2, 0.25) is 0 Å². The van der Waals surface area contributed by atoms with Crippen molar-refractivity contribution in [2.24, 2.45) is 0 Å². The molecule has 2 N–H and O–H groups in total. The molecule has 0 saturated carbocycles. The van der Waals surface area contributed by atoms with Gasteiger partial charge in [0.1, 0.15) is 5.69 Å². The number of hydrogen-bond donors (Lipinski definition) is 1. The third kappa shape index (κ3) is 3.16. The van der Waals surface area contributed by atoms with Crippen LogP contribution in [0.2, 0.25) is 0 Å². The highest BCUT2D eigenvalue weighted by molar-refractivity contribution is 5.59. The molecule has 2 aliphatic rings. The maximum atomic E-state index is 11.0. The summed E-state index contributed by atoms with van der Waals surface area (Å²) in [7, 11) is 0. The topological polar surface area (TPSA) is 75.6 Å². The summed E-state index contributed by atoms with van der Waals surface area (Å²) >= 11 is 0. The molecule has 114 valence electrons. The number of benzene rings is 1. The Bertz CT molecular complexity index is 534. The molecule has 1 unspecified atom stereocenters. The molecule has 3 rings (SSSR count). The van der Waals surface area contributed by atoms with Crippen molar-refractivity contribution < 1.29 is 4.92 Å². The van der Waals surface area contributed by atoms with Crippen molar-refractivity contribution >= 4 is 11.4 Å². The van der Waals surface area contributed by atoms with Crippen LogP contribution in [0.15, 0.2) is 18.2 Å². The summed E-state index contributed by atoms with van der Waals surface area (Å²) in [5.41, 5.74) is 6.89. The summed E-state index contributed by atoms with van der Waals surface area (Å²) in [6.07, 6.45) is 3.75. The molecule has 1 atom stereocenters. The number of fused-ring (bicyclic) bond motifs is 1. The van der Waals surface area contributed by atoms with E-state index < -0.39 is 4.92 Å². The molecule has 21 heavy (non-hydrogen) atoms. The predicted octanol–water partition coefficient (Wildman–Crippen LogP) is 1.85. The Hall–Kier alpha value is -1.66. The maximum absolute atomic E-state index is 11.0. The number of hydrogen-bond acceptors (Lipinski definition) is 5. The van der Waals surface area contributed by atoms with Gasteiger partial charge in [0.05, 0.1) is 4.92 Å². The first-order valence-corrected chi connectivity index (χ1v) is 7.62. The minimum Gasteiger partial charge on any atom is -0.393 e. The molecule has 1 aromatic carbocycles. The second-order valence-electron chi connectivity index (χ2n) is 6.07. The Morgan fingerprint density at radius 1 is 1.29 bits per heavy atom. The van der Waals surface area contributed by atoms with Crippen molar-refractivity contribution in [2.75, 3.05) is 31.9 Å². The van der Waals surface area contributed by atoms with E-state index >= 15 is 0 Å². The third-order valence-corrected chi connectivity index (χ3v) is 4.59. The molecular formula is C15H22N4O2. The molecule has 2 heterocycles. The summed E-state index contributed by atoms with van der Waals surface area (Å²) in [6, 6.07) is 5.83. The first-order valence-electron chi connectivity index (χ1n) is 7.62. The van der Waals surface area contributed by atoms with Gasteiger partial charge in [0.25, 0.3) is 5.69 Å². The van der Waals surface area contributed by atoms with Gasteiger partial charge >= 0.3 is 0 Å². The van der Waals surface area contributed by atoms with Gasteiger partial charge in [-0.25, -0.2) is 0 Å². The van der Waals surface area contributed by atoms with Gasteiger partial charge in [-0.3, -0.25) is 19.9 Å². The van der Waals surface area contributed by atoms with Gasteiger partial charge in [-0.1, -0.05) is 6.07 Å². The van der Waals surface area contributed by atoms with Gasteiger partial charge in [-0.15, -0.1) is 0 Å². The number of nitrogen functional groups attached to an aromatic ring is 1. The molecule has 1 aromatic rings. The number of anilines is 1. The maximum Gasteiger partial charge on any atom is 0.292 e. The van der Waals surface area contributed by atoms with Crippen molar-refractivity contribution in [1.29, 1.82) is 0 Å². The molecule has 2 aliphatic heterocycles. The number of nitrogens with zero attached hydrogens (tertiary/aromatic N) is 3. The van der Waals surface area contributed by atoms with E-state index in [-0.39, 0.29) is 11.4 Å². The SMILES string of the molecule is Nc1ccc(CN2CCCN3CCCC3C2)cc1[N+](=O)[O-]. The molecule has 6 heteroatoms. The highest BCUT2D eigenvalue weighted by atomic mass is 16.6. The molecule has 0 spiro atoms. The van der Waals surface area contributed by atoms with Gasteiger partial charge in [0, 0.05) is 25.2 Å². The minimum atomic E-state index is -0.403. The molecular weight excluding hydrogens is 268 g/mol. The molecule has 0 bridgehead atoms. The lowest BCUT2D eigenvalue weighted by atomic mass is 10.1. The number of rotatable bonds is 3. The van der Waals surface area contributed by atoms with Crippen LogP contribution in [0.3, 0.4) is 0 Å². The predicted molar refractivity (Wildman–Crippen MR) is 82.0 cm³/mol. The fraction of sp³-hybridized carbons (Fsp3) is 0.600. The average Bonchev–Trinajstić information content (AvgIpc) is 2.79. The molecule has 2 saturated heterocycles. The summed E-state index contributed by atoms with van der Waals surface area (Å²) in [5.74, 6) is 0. The second-order valence-corrected chi connectivity index (χ2v) is 6.07. The summed E-state index contributed by atoms with van der Waals surface area (Å²) in [4.78, 5) is 15.6. The number of nitro groups is 1. The van der Waals surface area contributed by atoms with Crippen LogP contribution in [0.4, 0.5) is 11.4 Å². The molecule has 0 amide bonds. The normalized spacial score (nSPS) is 23.7. The molecule has 0 aromatic heterocycles. The monoisotopic (exact) mass is 290 g/mol. The number of nitrogens with two attached hydrogens (primary N) is 1. The van der Waals surface area contributed by atoms with Crippen LogP contribution >= 0.6 is 0 Å². The Morgan fingerprint density at radius 2 is 2.10 bits per heavy atom. The van der Waals surface area contributed by atoms with Crippen molar-refractivity contribution in [3.8, 4) is 0 Å². The van der Waals surface area contributed by atoms with Crippen LogP contribution in [0.1, 0.15) is 24.8 Å². The lowest BCUT2D eigenvalue weighted by Crippen LogP contribution is -2.36. The summed E-state index contributed by atoms with van der Waals surface area (Å²) in [5, 5.41) is 11.0. The van der Waals surface area contributed by atoms with E-state index in [1.165, 1.54) is 32.4 Å². The number of nitro benzene ring substituents is 1. The van der Waals surface area contributed by atoms with Crippen molar-refractivity contribution in [3.63, 3.8) is 0 Å². The van der Waals surface area contributed by atoms with E-state index in [1.54, 1.807) is 12.1 Å². The Balaban J connectivity index is 1.71. The fourth-order valence-electron chi connectivity index (χ4n) is 3.53. The lowest BCUT2D eigenvalue weighted by molar-refractivity contribution is -0.384. The van der Waals surface area contributed by atoms with Crippen molar-refractivity contribution in [1.82, 2.24) is 9.80 Å². The Morgan fingerprint density at radius 3 is 2.90 bits per heavy atom. The average molecular weight is 290 g/mol. The van der Waals surface area contributed by atoms with E-state index in [0.717, 1.165) is 25.2 Å². The zero-order chi connectivity index (χ0) is 14.8. The molecule has 2 fully saturated rings. The van der Waals surface area contributed by atoms with Gasteiger partial charge in [0.15, 0.2) is 0 Å². The summed E-state index contributed by atoms with van der Waals surface area (Å²) < 4.78 is 0. The van der Waals surface area contributed by atoms with Gasteiger partial charge in [-0.05, 0) is 50.5 Å². The largest absolute Gasteiger partial charge is 0.393 e. The van der Waals surface area contributed by atoms with Crippen molar-refractivity contribution in [2.45, 2.75) is 31.8 Å². The summed E-state index contributed by atoms with van der Waals surface area (Å²) in [6.45, 7) is 5.31. The van der Waals surface area contributed by atoms with Gasteiger partial charge < -0.3 is 5.73 Å². The van der Waals surface area contributed by atoms with E-state index in [9.17, 15) is 10.1 Å². The van der Waals surface area contributed by atoms with Crippen LogP contribution in [0.25, 0.3) is 0 Å². The van der Waals surface area contributed by atoms with Gasteiger partial charge in [-0.2, -0.15) is 0 Å². The van der Waals surface area contributed by atoms with Crippen LogP contribution < -0.4 is 5.73 Å². The first-order chi connectivity index (χ1) is 10.1. The van der Waals surface area contributed by atoms with E-state index in [2.05, 4.69) is 9.80 Å². The Kier molecular flexibility index (Phi) is 4.07. The highest BCUT2D eigenvalue weighted by Gasteiger charge is 2.28. The minimum absolute atomic E-state index is 0.0183. The highest BCUT2D eigenvalue weighted by Crippen LogP contribution is 2.25. The first kappa shape index (κ1) is 14.3. The van der Waals surface area contributed by atoms with Crippen molar-refractivity contribution in [3.05, 3.63) is 33.9 Å². The van der Waals surface area contributed by atoms with E-state index in [4.69, 9.17) is 5.73 Å². The standard InChI is InChI=1S/C15H22N4O2/c16-14-5-4-12(9-15(14)19(20)21)10-17-6-2-8-18-7-1-3-13(18)11-17/h4-5,9,13H,1-3,6-8,10-11,16H2. The van der Waals surface area contributed by atoms with Crippen LogP contribution in [-0.4, -0.2) is 46.9 Å². The molecule has 6 nitrogen and oxygen atoms in total. The quantitative estimate of drug-likeness (QED) is 0.522. The fourth-order valence-corrected chi connectivity index (χ4v) is 3.53. The smallest absolute Gasteiger partial charge is 0.292 e. The molecule has 0 radical (unpaired) electrons. The van der Waals surface area contributed by atoms with E-state index in [0.29, 0.717) is 6.04 Å². The Labute approximate surface area is 124 Å². The zero-order valence-electron chi connectivity index (χ0n) is 12.2. The second kappa shape index (κ2) is 5.99. The van der Waals surface area contributed by atoms with E-state index in [1.807, 2.05) is 6.07 Å². The van der Waals surface area contributed by atoms with Crippen LogP contribution in [0, 0.1) is 10.1 Å².